The molecule has 5 heteroatoms. The average molecular weight is 718 g/mol. The highest BCUT2D eigenvalue weighted by molar-refractivity contribution is 5.80. The van der Waals surface area contributed by atoms with Crippen LogP contribution in [-0.4, -0.2) is 46.1 Å². The summed E-state index contributed by atoms with van der Waals surface area (Å²) >= 11 is 0. The van der Waals surface area contributed by atoms with Gasteiger partial charge in [0.15, 0.2) is 0 Å². The first kappa shape index (κ1) is 49.6. The Bertz CT molecular complexity index is 794. The number of allylic oxidation sites excluding steroid dienone is 5. The van der Waals surface area contributed by atoms with E-state index in [9.17, 15) is 20.1 Å². The lowest BCUT2D eigenvalue weighted by Gasteiger charge is -2.21. The summed E-state index contributed by atoms with van der Waals surface area (Å²) in [6.07, 6.45) is 51.8. The van der Waals surface area contributed by atoms with Crippen molar-refractivity contribution in [3.05, 3.63) is 36.5 Å². The molecule has 300 valence electrons. The van der Waals surface area contributed by atoms with Gasteiger partial charge in [0.25, 0.3) is 0 Å². The molecule has 5 nitrogen and oxygen atoms in total. The maximum Gasteiger partial charge on any atom is 0.249 e. The Labute approximate surface area is 317 Å². The quantitative estimate of drug-likeness (QED) is 0.0375. The zero-order chi connectivity index (χ0) is 37.3. The van der Waals surface area contributed by atoms with Gasteiger partial charge in [-0.15, -0.1) is 0 Å². The predicted molar refractivity (Wildman–Crippen MR) is 222 cm³/mol. The Hall–Kier alpha value is -1.43. The van der Waals surface area contributed by atoms with E-state index in [-0.39, 0.29) is 6.61 Å². The predicted octanol–water partition coefficient (Wildman–Crippen LogP) is 12.8. The highest BCUT2D eigenvalue weighted by atomic mass is 16.3. The van der Waals surface area contributed by atoms with Crippen molar-refractivity contribution in [1.82, 2.24) is 5.32 Å². The van der Waals surface area contributed by atoms with Gasteiger partial charge >= 0.3 is 0 Å². The molecule has 51 heavy (non-hydrogen) atoms. The maximum atomic E-state index is 12.5. The number of aliphatic hydroxyl groups excluding tert-OH is 3. The molecule has 0 aliphatic heterocycles. The number of hydrogen-bond acceptors (Lipinski definition) is 4. The second-order valence-electron chi connectivity index (χ2n) is 15.3. The van der Waals surface area contributed by atoms with Crippen LogP contribution in [0.1, 0.15) is 226 Å². The van der Waals surface area contributed by atoms with Crippen molar-refractivity contribution in [2.45, 2.75) is 244 Å². The number of rotatable bonds is 40. The van der Waals surface area contributed by atoms with E-state index in [1.54, 1.807) is 6.08 Å². The third-order valence-corrected chi connectivity index (χ3v) is 10.2. The molecule has 0 aromatic rings. The van der Waals surface area contributed by atoms with Gasteiger partial charge in [-0.25, -0.2) is 0 Å². The molecular formula is C46H87NO4. The van der Waals surface area contributed by atoms with Gasteiger partial charge in [0.2, 0.25) is 5.91 Å². The molecule has 0 saturated heterocycles. The largest absolute Gasteiger partial charge is 0.394 e. The van der Waals surface area contributed by atoms with Crippen LogP contribution >= 0.6 is 0 Å². The van der Waals surface area contributed by atoms with Gasteiger partial charge in [-0.05, 0) is 51.4 Å². The molecule has 0 spiro atoms. The van der Waals surface area contributed by atoms with Gasteiger partial charge < -0.3 is 20.6 Å². The number of nitrogens with one attached hydrogen (secondary N) is 1. The zero-order valence-electron chi connectivity index (χ0n) is 34.0. The molecule has 0 rings (SSSR count). The van der Waals surface area contributed by atoms with Gasteiger partial charge in [0.05, 0.1) is 18.8 Å². The zero-order valence-corrected chi connectivity index (χ0v) is 34.0. The summed E-state index contributed by atoms with van der Waals surface area (Å²) in [7, 11) is 0. The van der Waals surface area contributed by atoms with E-state index in [1.807, 2.05) is 6.08 Å². The first-order chi connectivity index (χ1) is 25.1. The van der Waals surface area contributed by atoms with Crippen LogP contribution in [0.5, 0.6) is 0 Å². The molecule has 0 saturated carbocycles. The van der Waals surface area contributed by atoms with Gasteiger partial charge in [0, 0.05) is 0 Å². The standard InChI is InChI=1S/C46H87NO4/c1-3-5-7-9-11-13-15-17-18-19-20-21-22-23-24-25-26-27-29-31-33-35-37-39-41-45(50)46(51)47-43(42-48)44(49)40-38-36-34-32-30-28-16-14-12-10-8-6-4-2/h20-21,23-24,38,40,43-45,48-50H,3-19,22,25-37,39,41-42H2,1-2H3,(H,47,51)/b21-20-,24-23-,40-38+. The van der Waals surface area contributed by atoms with E-state index in [2.05, 4.69) is 43.5 Å². The second-order valence-corrected chi connectivity index (χ2v) is 15.3. The summed E-state index contributed by atoms with van der Waals surface area (Å²) in [6, 6.07) is -0.799. The molecule has 0 aliphatic carbocycles. The van der Waals surface area contributed by atoms with Crippen LogP contribution in [0.3, 0.4) is 0 Å². The smallest absolute Gasteiger partial charge is 0.249 e. The van der Waals surface area contributed by atoms with E-state index in [1.165, 1.54) is 167 Å². The Morgan fingerprint density at radius 1 is 0.490 bits per heavy atom. The average Bonchev–Trinajstić information content (AvgIpc) is 3.13. The first-order valence-corrected chi connectivity index (χ1v) is 22.3. The van der Waals surface area contributed by atoms with E-state index in [4.69, 9.17) is 0 Å². The molecule has 0 heterocycles. The number of unbranched alkanes of at least 4 members (excludes halogenated alkanes) is 28. The Morgan fingerprint density at radius 2 is 0.843 bits per heavy atom. The van der Waals surface area contributed by atoms with E-state index < -0.39 is 24.2 Å². The van der Waals surface area contributed by atoms with Gasteiger partial charge in [0.1, 0.15) is 6.10 Å². The van der Waals surface area contributed by atoms with Gasteiger partial charge in [-0.2, -0.15) is 0 Å². The van der Waals surface area contributed by atoms with Crippen molar-refractivity contribution >= 4 is 5.91 Å². The lowest BCUT2D eigenvalue weighted by Crippen LogP contribution is -2.48. The molecular weight excluding hydrogens is 631 g/mol. The van der Waals surface area contributed by atoms with Crippen LogP contribution in [0.15, 0.2) is 36.5 Å². The summed E-state index contributed by atoms with van der Waals surface area (Å²) in [4.78, 5) is 12.5. The van der Waals surface area contributed by atoms with Crippen molar-refractivity contribution in [1.29, 1.82) is 0 Å². The minimum absolute atomic E-state index is 0.366. The number of aliphatic hydroxyl groups is 3. The molecule has 3 atom stereocenters. The number of hydrogen-bond donors (Lipinski definition) is 4. The molecule has 0 bridgehead atoms. The molecule has 1 amide bonds. The molecule has 3 unspecified atom stereocenters. The van der Waals surface area contributed by atoms with Crippen LogP contribution < -0.4 is 5.32 Å². The van der Waals surface area contributed by atoms with Crippen LogP contribution in [0.25, 0.3) is 0 Å². The van der Waals surface area contributed by atoms with E-state index >= 15 is 0 Å². The third kappa shape index (κ3) is 36.7. The third-order valence-electron chi connectivity index (χ3n) is 10.2. The lowest BCUT2D eigenvalue weighted by molar-refractivity contribution is -0.131. The topological polar surface area (TPSA) is 89.8 Å². The monoisotopic (exact) mass is 718 g/mol. The molecule has 0 aliphatic rings. The normalized spacial score (nSPS) is 13.9. The lowest BCUT2D eigenvalue weighted by atomic mass is 10.0. The van der Waals surface area contributed by atoms with Crippen molar-refractivity contribution < 1.29 is 20.1 Å². The Balaban J connectivity index is 3.66. The van der Waals surface area contributed by atoms with Crippen LogP contribution in [0, 0.1) is 0 Å². The number of carbonyl (C=O) groups excluding carboxylic acids is 1. The minimum atomic E-state index is -1.10. The van der Waals surface area contributed by atoms with Crippen LogP contribution in [0.2, 0.25) is 0 Å². The summed E-state index contributed by atoms with van der Waals surface area (Å²) in [5, 5.41) is 33.1. The molecule has 0 radical (unpaired) electrons. The van der Waals surface area contributed by atoms with Gasteiger partial charge in [-0.3, -0.25) is 4.79 Å². The maximum absolute atomic E-state index is 12.5. The first-order valence-electron chi connectivity index (χ1n) is 22.3. The Morgan fingerprint density at radius 3 is 1.24 bits per heavy atom. The molecule has 0 fully saturated rings. The minimum Gasteiger partial charge on any atom is -0.394 e. The highest BCUT2D eigenvalue weighted by Gasteiger charge is 2.22. The summed E-state index contributed by atoms with van der Waals surface area (Å²) in [5.74, 6) is -0.508. The van der Waals surface area contributed by atoms with Gasteiger partial charge in [-0.1, -0.05) is 211 Å². The highest BCUT2D eigenvalue weighted by Crippen LogP contribution is 2.15. The molecule has 0 aromatic carbocycles. The summed E-state index contributed by atoms with van der Waals surface area (Å²) in [5.41, 5.74) is 0. The second kappa shape index (κ2) is 41.3. The molecule has 0 aromatic heterocycles. The Kier molecular flexibility index (Phi) is 40.2. The number of amides is 1. The van der Waals surface area contributed by atoms with E-state index in [0.717, 1.165) is 38.5 Å². The SMILES string of the molecule is CCCCCCCCCCC/C=C\C/C=C\CCCCCCCCCCC(O)C(=O)NC(CO)C(O)/C=C/CCCCCCCCCCCCC. The summed E-state index contributed by atoms with van der Waals surface area (Å²) in [6.45, 7) is 4.17. The fourth-order valence-electron chi connectivity index (χ4n) is 6.69. The van der Waals surface area contributed by atoms with E-state index in [0.29, 0.717) is 6.42 Å². The molecule has 4 N–H and O–H groups in total. The van der Waals surface area contributed by atoms with Crippen LogP contribution in [0.4, 0.5) is 0 Å². The van der Waals surface area contributed by atoms with Crippen LogP contribution in [-0.2, 0) is 4.79 Å². The van der Waals surface area contributed by atoms with Crippen molar-refractivity contribution in [2.24, 2.45) is 0 Å². The fourth-order valence-corrected chi connectivity index (χ4v) is 6.69. The fraction of sp³-hybridized carbons (Fsp3) is 0.848. The van der Waals surface area contributed by atoms with Crippen molar-refractivity contribution in [3.8, 4) is 0 Å². The number of carbonyl (C=O) groups is 1. The summed E-state index contributed by atoms with van der Waals surface area (Å²) < 4.78 is 0. The van der Waals surface area contributed by atoms with Crippen molar-refractivity contribution in [2.75, 3.05) is 6.61 Å². The van der Waals surface area contributed by atoms with Crippen molar-refractivity contribution in [3.63, 3.8) is 0 Å².